The normalized spacial score (nSPS) is 16.1. The van der Waals surface area contributed by atoms with Crippen LogP contribution >= 0.6 is 23.4 Å². The van der Waals surface area contributed by atoms with E-state index in [4.69, 9.17) is 16.3 Å². The monoisotopic (exact) mass is 451 g/mol. The molecule has 1 aliphatic rings. The van der Waals surface area contributed by atoms with Gasteiger partial charge in [-0.2, -0.15) is 0 Å². The molecular formula is C25H22ClNO3S. The second kappa shape index (κ2) is 9.58. The average Bonchev–Trinajstić information content (AvgIpc) is 3.03. The number of benzene rings is 3. The van der Waals surface area contributed by atoms with Crippen molar-refractivity contribution < 1.29 is 14.3 Å². The Balaban J connectivity index is 1.43. The summed E-state index contributed by atoms with van der Waals surface area (Å²) in [4.78, 5) is 26.7. The van der Waals surface area contributed by atoms with Crippen molar-refractivity contribution in [3.05, 3.63) is 100 Å². The fraction of sp³-hybridized carbons (Fsp3) is 0.200. The first kappa shape index (κ1) is 21.5. The molecule has 0 radical (unpaired) electrons. The standard InChI is InChI=1S/C25H22ClNO3S/c1-17-6-8-19(9-7-17)16-30-22-5-3-2-4-20(22)14-23-24(28)27(25(29)31-23)15-18-10-12-21(26)13-11-18/h2-13,23H,14-16H2,1H3/t23-/m0/s1. The molecule has 0 spiro atoms. The van der Waals surface area contributed by atoms with Crippen molar-refractivity contribution in [3.63, 3.8) is 0 Å². The molecule has 0 saturated carbocycles. The largest absolute Gasteiger partial charge is 0.489 e. The summed E-state index contributed by atoms with van der Waals surface area (Å²) in [6, 6.07) is 23.1. The van der Waals surface area contributed by atoms with Gasteiger partial charge in [-0.25, -0.2) is 0 Å². The number of amides is 2. The Labute approximate surface area is 191 Å². The number of para-hydroxylation sites is 1. The maximum absolute atomic E-state index is 12.9. The Bertz CT molecular complexity index is 1080. The third-order valence-electron chi connectivity index (χ3n) is 5.15. The summed E-state index contributed by atoms with van der Waals surface area (Å²) < 4.78 is 6.04. The zero-order chi connectivity index (χ0) is 21.8. The number of carbonyl (C=O) groups is 2. The van der Waals surface area contributed by atoms with Crippen LogP contribution in [0.15, 0.2) is 72.8 Å². The Morgan fingerprint density at radius 2 is 1.61 bits per heavy atom. The van der Waals surface area contributed by atoms with Crippen molar-refractivity contribution in [2.24, 2.45) is 0 Å². The molecule has 0 aliphatic carbocycles. The number of hydrogen-bond donors (Lipinski definition) is 0. The van der Waals surface area contributed by atoms with Gasteiger partial charge in [0.2, 0.25) is 5.91 Å². The average molecular weight is 452 g/mol. The highest BCUT2D eigenvalue weighted by molar-refractivity contribution is 8.15. The van der Waals surface area contributed by atoms with Gasteiger partial charge >= 0.3 is 0 Å². The molecule has 1 saturated heterocycles. The summed E-state index contributed by atoms with van der Waals surface area (Å²) in [5, 5.41) is -0.0516. The van der Waals surface area contributed by atoms with Gasteiger partial charge in [0, 0.05) is 5.02 Å². The number of nitrogens with zero attached hydrogens (tertiary/aromatic N) is 1. The lowest BCUT2D eigenvalue weighted by Crippen LogP contribution is -2.31. The number of thioether (sulfide) groups is 1. The first-order valence-corrected chi connectivity index (χ1v) is 11.3. The third kappa shape index (κ3) is 5.30. The molecule has 158 valence electrons. The van der Waals surface area contributed by atoms with Crippen molar-refractivity contribution in [3.8, 4) is 5.75 Å². The van der Waals surface area contributed by atoms with E-state index in [1.807, 2.05) is 55.5 Å². The van der Waals surface area contributed by atoms with E-state index in [9.17, 15) is 9.59 Å². The number of hydrogen-bond acceptors (Lipinski definition) is 4. The van der Waals surface area contributed by atoms with Crippen molar-refractivity contribution in [1.29, 1.82) is 0 Å². The molecule has 2 amide bonds. The minimum absolute atomic E-state index is 0.168. The highest BCUT2D eigenvalue weighted by atomic mass is 35.5. The SMILES string of the molecule is Cc1ccc(COc2ccccc2C[C@@H]2SC(=O)N(Cc3ccc(Cl)cc3)C2=O)cc1. The molecule has 0 N–H and O–H groups in total. The number of aryl methyl sites for hydroxylation is 1. The first-order chi connectivity index (χ1) is 15.0. The van der Waals surface area contributed by atoms with Crippen LogP contribution in [0.1, 0.15) is 22.3 Å². The zero-order valence-corrected chi connectivity index (χ0v) is 18.7. The number of carbonyl (C=O) groups excluding carboxylic acids is 2. The van der Waals surface area contributed by atoms with Gasteiger partial charge in [-0.1, -0.05) is 83.5 Å². The van der Waals surface area contributed by atoms with Gasteiger partial charge in [-0.05, 0) is 48.2 Å². The molecule has 0 unspecified atom stereocenters. The van der Waals surface area contributed by atoms with Gasteiger partial charge < -0.3 is 4.74 Å². The predicted octanol–water partition coefficient (Wildman–Crippen LogP) is 6.03. The Hall–Kier alpha value is -2.76. The minimum Gasteiger partial charge on any atom is -0.489 e. The van der Waals surface area contributed by atoms with E-state index in [1.54, 1.807) is 12.1 Å². The molecule has 4 rings (SSSR count). The molecule has 4 nitrogen and oxygen atoms in total. The molecule has 3 aromatic carbocycles. The van der Waals surface area contributed by atoms with Crippen LogP contribution in [0.4, 0.5) is 4.79 Å². The smallest absolute Gasteiger partial charge is 0.289 e. The van der Waals surface area contributed by atoms with Gasteiger partial charge in [0.15, 0.2) is 0 Å². The molecule has 0 bridgehead atoms. The fourth-order valence-electron chi connectivity index (χ4n) is 3.40. The van der Waals surface area contributed by atoms with E-state index in [0.29, 0.717) is 18.1 Å². The molecule has 1 atom stereocenters. The van der Waals surface area contributed by atoms with Crippen molar-refractivity contribution in [2.45, 2.75) is 31.7 Å². The van der Waals surface area contributed by atoms with Gasteiger partial charge in [-0.15, -0.1) is 0 Å². The number of imide groups is 1. The summed E-state index contributed by atoms with van der Waals surface area (Å²) >= 11 is 7.00. The van der Waals surface area contributed by atoms with E-state index in [-0.39, 0.29) is 17.7 Å². The third-order valence-corrected chi connectivity index (χ3v) is 6.48. The summed E-state index contributed by atoms with van der Waals surface area (Å²) in [7, 11) is 0. The van der Waals surface area contributed by atoms with Crippen molar-refractivity contribution in [2.75, 3.05) is 0 Å². The highest BCUT2D eigenvalue weighted by Crippen LogP contribution is 2.33. The second-order valence-electron chi connectivity index (χ2n) is 7.51. The Morgan fingerprint density at radius 3 is 2.35 bits per heavy atom. The van der Waals surface area contributed by atoms with E-state index < -0.39 is 5.25 Å². The molecule has 6 heteroatoms. The Morgan fingerprint density at radius 1 is 0.935 bits per heavy atom. The predicted molar refractivity (Wildman–Crippen MR) is 124 cm³/mol. The lowest BCUT2D eigenvalue weighted by Gasteiger charge is -2.15. The summed E-state index contributed by atoms with van der Waals surface area (Å²) in [6.07, 6.45) is 0.441. The van der Waals surface area contributed by atoms with Crippen molar-refractivity contribution >= 4 is 34.5 Å². The van der Waals surface area contributed by atoms with E-state index in [0.717, 1.165) is 34.2 Å². The van der Waals surface area contributed by atoms with Crippen molar-refractivity contribution in [1.82, 2.24) is 4.90 Å². The van der Waals surface area contributed by atoms with Gasteiger partial charge in [0.05, 0.1) is 11.8 Å². The molecule has 1 fully saturated rings. The van der Waals surface area contributed by atoms with E-state index in [2.05, 4.69) is 12.1 Å². The van der Waals surface area contributed by atoms with Gasteiger partial charge in [-0.3, -0.25) is 14.5 Å². The van der Waals surface area contributed by atoms with Crippen LogP contribution in [0.5, 0.6) is 5.75 Å². The summed E-state index contributed by atoms with van der Waals surface area (Å²) in [5.74, 6) is 0.568. The molecular weight excluding hydrogens is 430 g/mol. The molecule has 0 aromatic heterocycles. The second-order valence-corrected chi connectivity index (χ2v) is 9.10. The summed E-state index contributed by atoms with van der Waals surface area (Å²) in [6.45, 7) is 2.75. The zero-order valence-electron chi connectivity index (χ0n) is 17.1. The van der Waals surface area contributed by atoms with E-state index in [1.165, 1.54) is 10.5 Å². The van der Waals surface area contributed by atoms with Crippen LogP contribution in [0.3, 0.4) is 0 Å². The minimum atomic E-state index is -0.455. The highest BCUT2D eigenvalue weighted by Gasteiger charge is 2.39. The van der Waals surface area contributed by atoms with Crippen LogP contribution in [-0.4, -0.2) is 21.3 Å². The quantitative estimate of drug-likeness (QED) is 0.439. The summed E-state index contributed by atoms with van der Waals surface area (Å²) in [5.41, 5.74) is 4.07. The van der Waals surface area contributed by atoms with Crippen LogP contribution < -0.4 is 4.74 Å². The van der Waals surface area contributed by atoms with Gasteiger partial charge in [0.1, 0.15) is 12.4 Å². The maximum Gasteiger partial charge on any atom is 0.289 e. The molecule has 1 heterocycles. The number of rotatable bonds is 7. The molecule has 1 aliphatic heterocycles. The van der Waals surface area contributed by atoms with Crippen LogP contribution in [-0.2, 0) is 24.4 Å². The van der Waals surface area contributed by atoms with Gasteiger partial charge in [0.25, 0.3) is 5.24 Å². The van der Waals surface area contributed by atoms with E-state index >= 15 is 0 Å². The first-order valence-electron chi connectivity index (χ1n) is 10.0. The fourth-order valence-corrected chi connectivity index (χ4v) is 4.54. The molecule has 3 aromatic rings. The van der Waals surface area contributed by atoms with Crippen LogP contribution in [0.25, 0.3) is 0 Å². The lowest BCUT2D eigenvalue weighted by molar-refractivity contribution is -0.127. The topological polar surface area (TPSA) is 46.6 Å². The maximum atomic E-state index is 12.9. The molecule has 31 heavy (non-hydrogen) atoms. The van der Waals surface area contributed by atoms with Crippen LogP contribution in [0.2, 0.25) is 5.02 Å². The number of halogens is 1. The van der Waals surface area contributed by atoms with Crippen LogP contribution in [0, 0.1) is 6.92 Å². The number of ether oxygens (including phenoxy) is 1. The Kier molecular flexibility index (Phi) is 6.64. The lowest BCUT2D eigenvalue weighted by atomic mass is 10.1.